The molecule has 0 rings (SSSR count). The van der Waals surface area contributed by atoms with E-state index in [9.17, 15) is 0 Å². The molecular weight excluding hydrogens is 264 g/mol. The van der Waals surface area contributed by atoms with Crippen LogP contribution in [-0.4, -0.2) is 18.5 Å². The zero-order chi connectivity index (χ0) is 12.1. The second kappa shape index (κ2) is 13.2. The van der Waals surface area contributed by atoms with Gasteiger partial charge in [0.2, 0.25) is 0 Å². The van der Waals surface area contributed by atoms with Crippen molar-refractivity contribution in [2.45, 2.75) is 58.3 Å². The smallest absolute Gasteiger partial charge is 0.0502 e. The molecule has 0 aromatic rings. The van der Waals surface area contributed by atoms with Crippen LogP contribution in [0.2, 0.25) is 0 Å². The standard InChI is InChI=1S/C14H27BrO/c1-14(2)10-13-16-12-9-7-5-3-4-6-8-11-15/h1,3-13H2,2H3. The van der Waals surface area contributed by atoms with E-state index in [0.717, 1.165) is 25.0 Å². The zero-order valence-electron chi connectivity index (χ0n) is 10.8. The van der Waals surface area contributed by atoms with Crippen LogP contribution in [0.1, 0.15) is 58.3 Å². The molecule has 96 valence electrons. The predicted molar refractivity (Wildman–Crippen MR) is 76.4 cm³/mol. The van der Waals surface area contributed by atoms with E-state index in [-0.39, 0.29) is 0 Å². The Kier molecular flexibility index (Phi) is 13.4. The van der Waals surface area contributed by atoms with Gasteiger partial charge in [0.25, 0.3) is 0 Å². The van der Waals surface area contributed by atoms with Crippen molar-refractivity contribution in [2.75, 3.05) is 18.5 Å². The van der Waals surface area contributed by atoms with Gasteiger partial charge in [0.1, 0.15) is 0 Å². The van der Waals surface area contributed by atoms with E-state index in [1.165, 1.54) is 50.5 Å². The molecule has 0 spiro atoms. The lowest BCUT2D eigenvalue weighted by atomic mass is 10.1. The van der Waals surface area contributed by atoms with E-state index in [0.29, 0.717) is 0 Å². The first-order valence-electron chi connectivity index (χ1n) is 6.55. The number of hydrogen-bond acceptors (Lipinski definition) is 1. The van der Waals surface area contributed by atoms with E-state index < -0.39 is 0 Å². The average molecular weight is 291 g/mol. The number of hydrogen-bond donors (Lipinski definition) is 0. The number of alkyl halides is 1. The van der Waals surface area contributed by atoms with E-state index in [2.05, 4.69) is 29.4 Å². The molecule has 0 N–H and O–H groups in total. The molecule has 0 radical (unpaired) electrons. The molecule has 2 heteroatoms. The highest BCUT2D eigenvalue weighted by atomic mass is 79.9. The van der Waals surface area contributed by atoms with E-state index in [1.807, 2.05) is 0 Å². The van der Waals surface area contributed by atoms with Gasteiger partial charge in [-0.25, -0.2) is 0 Å². The first kappa shape index (κ1) is 16.2. The topological polar surface area (TPSA) is 9.23 Å². The summed E-state index contributed by atoms with van der Waals surface area (Å²) in [5.41, 5.74) is 1.21. The second-order valence-corrected chi connectivity index (χ2v) is 5.28. The van der Waals surface area contributed by atoms with Crippen LogP contribution < -0.4 is 0 Å². The largest absolute Gasteiger partial charge is 0.381 e. The molecule has 0 saturated carbocycles. The molecule has 0 bridgehead atoms. The third kappa shape index (κ3) is 14.2. The quantitative estimate of drug-likeness (QED) is 0.276. The van der Waals surface area contributed by atoms with Gasteiger partial charge in [-0.15, -0.1) is 6.58 Å². The van der Waals surface area contributed by atoms with Crippen LogP contribution in [-0.2, 0) is 4.74 Å². The minimum atomic E-state index is 0.848. The monoisotopic (exact) mass is 290 g/mol. The lowest BCUT2D eigenvalue weighted by Gasteiger charge is -2.04. The number of halogens is 1. The van der Waals surface area contributed by atoms with Gasteiger partial charge in [0, 0.05) is 11.9 Å². The molecule has 0 saturated heterocycles. The third-order valence-corrected chi connectivity index (χ3v) is 3.16. The highest BCUT2D eigenvalue weighted by molar-refractivity contribution is 9.09. The molecule has 0 aliphatic rings. The van der Waals surface area contributed by atoms with Crippen molar-refractivity contribution in [3.8, 4) is 0 Å². The minimum Gasteiger partial charge on any atom is -0.381 e. The Labute approximate surface area is 110 Å². The van der Waals surface area contributed by atoms with Gasteiger partial charge >= 0.3 is 0 Å². The fourth-order valence-corrected chi connectivity index (χ4v) is 1.93. The first-order chi connectivity index (χ1) is 7.77. The molecule has 1 nitrogen and oxygen atoms in total. The highest BCUT2D eigenvalue weighted by Crippen LogP contribution is 2.08. The van der Waals surface area contributed by atoms with Crippen LogP contribution in [0.3, 0.4) is 0 Å². The molecule has 16 heavy (non-hydrogen) atoms. The summed E-state index contributed by atoms with van der Waals surface area (Å²) in [4.78, 5) is 0. The fraction of sp³-hybridized carbons (Fsp3) is 0.857. The second-order valence-electron chi connectivity index (χ2n) is 4.48. The van der Waals surface area contributed by atoms with Gasteiger partial charge in [-0.3, -0.25) is 0 Å². The maximum absolute atomic E-state index is 5.52. The van der Waals surface area contributed by atoms with Crippen LogP contribution in [0.5, 0.6) is 0 Å². The average Bonchev–Trinajstić information content (AvgIpc) is 2.25. The van der Waals surface area contributed by atoms with Crippen LogP contribution in [0.15, 0.2) is 12.2 Å². The highest BCUT2D eigenvalue weighted by Gasteiger charge is 1.92. The SMILES string of the molecule is C=C(C)CCOCCCCCCCCCBr. The number of ether oxygens (including phenoxy) is 1. The summed E-state index contributed by atoms with van der Waals surface area (Å²) in [6, 6.07) is 0. The number of unbranched alkanes of at least 4 members (excludes halogenated alkanes) is 6. The zero-order valence-corrected chi connectivity index (χ0v) is 12.4. The van der Waals surface area contributed by atoms with Crippen molar-refractivity contribution in [1.82, 2.24) is 0 Å². The van der Waals surface area contributed by atoms with E-state index >= 15 is 0 Å². The van der Waals surface area contributed by atoms with Crippen molar-refractivity contribution in [3.63, 3.8) is 0 Å². The lowest BCUT2D eigenvalue weighted by molar-refractivity contribution is 0.133. The summed E-state index contributed by atoms with van der Waals surface area (Å²) in [6.45, 7) is 7.68. The molecule has 0 heterocycles. The van der Waals surface area contributed by atoms with Gasteiger partial charge in [-0.2, -0.15) is 0 Å². The maximum Gasteiger partial charge on any atom is 0.0502 e. The van der Waals surface area contributed by atoms with Gasteiger partial charge in [-0.1, -0.05) is 53.6 Å². The van der Waals surface area contributed by atoms with Crippen molar-refractivity contribution in [1.29, 1.82) is 0 Å². The third-order valence-electron chi connectivity index (χ3n) is 2.60. The Balaban J connectivity index is 2.90. The summed E-state index contributed by atoms with van der Waals surface area (Å²) in [6.07, 6.45) is 10.4. The maximum atomic E-state index is 5.52. The molecule has 0 atom stereocenters. The van der Waals surface area contributed by atoms with Crippen LogP contribution >= 0.6 is 15.9 Å². The molecule has 0 aromatic carbocycles. The van der Waals surface area contributed by atoms with Crippen LogP contribution in [0, 0.1) is 0 Å². The summed E-state index contributed by atoms with van der Waals surface area (Å²) in [5.74, 6) is 0. The molecule has 0 aliphatic heterocycles. The molecule has 0 aromatic heterocycles. The summed E-state index contributed by atoms with van der Waals surface area (Å²) in [7, 11) is 0. The van der Waals surface area contributed by atoms with E-state index in [4.69, 9.17) is 4.74 Å². The number of rotatable bonds is 12. The van der Waals surface area contributed by atoms with Gasteiger partial charge < -0.3 is 4.74 Å². The Morgan fingerprint density at radius 3 is 2.06 bits per heavy atom. The summed E-state index contributed by atoms with van der Waals surface area (Å²) < 4.78 is 5.52. The van der Waals surface area contributed by atoms with Gasteiger partial charge in [0.15, 0.2) is 0 Å². The van der Waals surface area contributed by atoms with Gasteiger partial charge in [-0.05, 0) is 26.2 Å². The lowest BCUT2D eigenvalue weighted by Crippen LogP contribution is -1.97. The first-order valence-corrected chi connectivity index (χ1v) is 7.67. The van der Waals surface area contributed by atoms with Crippen molar-refractivity contribution >= 4 is 15.9 Å². The molecule has 0 amide bonds. The molecule has 0 aliphatic carbocycles. The van der Waals surface area contributed by atoms with Crippen molar-refractivity contribution < 1.29 is 4.74 Å². The van der Waals surface area contributed by atoms with Crippen molar-refractivity contribution in [2.24, 2.45) is 0 Å². The van der Waals surface area contributed by atoms with Gasteiger partial charge in [0.05, 0.1) is 6.61 Å². The Bertz CT molecular complexity index is 157. The predicted octanol–water partition coefficient (Wildman–Crippen LogP) is 5.09. The Morgan fingerprint density at radius 1 is 0.938 bits per heavy atom. The summed E-state index contributed by atoms with van der Waals surface area (Å²) >= 11 is 3.45. The Morgan fingerprint density at radius 2 is 1.50 bits per heavy atom. The molecule has 0 fully saturated rings. The van der Waals surface area contributed by atoms with Crippen molar-refractivity contribution in [3.05, 3.63) is 12.2 Å². The minimum absolute atomic E-state index is 0.848. The Hall–Kier alpha value is 0.180. The molecular formula is C14H27BrO. The van der Waals surface area contributed by atoms with Crippen LogP contribution in [0.4, 0.5) is 0 Å². The summed E-state index contributed by atoms with van der Waals surface area (Å²) in [5, 5.41) is 1.16. The normalized spacial score (nSPS) is 10.6. The van der Waals surface area contributed by atoms with Crippen LogP contribution in [0.25, 0.3) is 0 Å². The fourth-order valence-electron chi connectivity index (χ4n) is 1.53. The van der Waals surface area contributed by atoms with E-state index in [1.54, 1.807) is 0 Å². The molecule has 0 unspecified atom stereocenters.